The van der Waals surface area contributed by atoms with Crippen LogP contribution < -0.4 is 20.9 Å². The maximum Gasteiger partial charge on any atom is 0.245 e. The van der Waals surface area contributed by atoms with Crippen molar-refractivity contribution in [2.75, 3.05) is 44.2 Å². The Balaban J connectivity index is 1.12. The van der Waals surface area contributed by atoms with Gasteiger partial charge in [-0.1, -0.05) is 66.2 Å². The second-order valence-electron chi connectivity index (χ2n) is 12.8. The molecule has 3 aliphatic rings. The normalized spacial score (nSPS) is 22.9. The van der Waals surface area contributed by atoms with Crippen molar-refractivity contribution in [2.24, 2.45) is 0 Å². The van der Waals surface area contributed by atoms with E-state index in [1.54, 1.807) is 0 Å². The Bertz CT molecular complexity index is 1470. The molecule has 9 heteroatoms. The number of amides is 2. The lowest BCUT2D eigenvalue weighted by Gasteiger charge is -2.40. The fourth-order valence-electron chi connectivity index (χ4n) is 6.85. The molecule has 4 atom stereocenters. The first-order chi connectivity index (χ1) is 21.8. The summed E-state index contributed by atoms with van der Waals surface area (Å²) in [5.74, 6) is -0.174. The Morgan fingerprint density at radius 2 is 1.62 bits per heavy atom. The van der Waals surface area contributed by atoms with E-state index < -0.39 is 6.04 Å². The molecule has 3 aromatic rings. The third-order valence-electron chi connectivity index (χ3n) is 9.56. The molecular weight excluding hydrogens is 584 g/mol. The zero-order valence-corrected chi connectivity index (χ0v) is 27.1. The number of piperazine rings is 2. The van der Waals surface area contributed by atoms with Crippen LogP contribution in [0.3, 0.4) is 0 Å². The minimum atomic E-state index is -0.660. The predicted octanol–water partition coefficient (Wildman–Crippen LogP) is 3.61. The molecule has 3 N–H and O–H groups in total. The number of para-hydroxylation sites is 1. The molecule has 0 aromatic heterocycles. The highest BCUT2D eigenvalue weighted by molar-refractivity contribution is 6.30. The molecule has 0 unspecified atom stereocenters. The van der Waals surface area contributed by atoms with E-state index >= 15 is 0 Å². The summed E-state index contributed by atoms with van der Waals surface area (Å²) in [6.07, 6.45) is 1.02. The fourth-order valence-corrected chi connectivity index (χ4v) is 6.97. The molecule has 2 fully saturated rings. The van der Waals surface area contributed by atoms with Crippen LogP contribution in [0.1, 0.15) is 36.1 Å². The van der Waals surface area contributed by atoms with E-state index in [-0.39, 0.29) is 17.9 Å². The van der Waals surface area contributed by atoms with Crippen molar-refractivity contribution >= 4 is 29.1 Å². The SMILES string of the molecule is C[C@@H]1CN(Cc2ccccc2N2CCN(C(=O)[C@@H](Cc3ccc(Cl)cc3)NC(=O)[C@H]3Cc4ccccc4CN3)CC2)[C@@H](C)CN1. The first-order valence-corrected chi connectivity index (χ1v) is 16.7. The molecule has 3 heterocycles. The lowest BCUT2D eigenvalue weighted by molar-refractivity contribution is -0.137. The maximum absolute atomic E-state index is 14.1. The molecule has 3 aromatic carbocycles. The van der Waals surface area contributed by atoms with Gasteiger partial charge in [0, 0.05) is 81.6 Å². The first-order valence-electron chi connectivity index (χ1n) is 16.3. The number of rotatable bonds is 8. The number of hydrogen-bond donors (Lipinski definition) is 3. The number of hydrogen-bond acceptors (Lipinski definition) is 6. The minimum Gasteiger partial charge on any atom is -0.368 e. The van der Waals surface area contributed by atoms with Crippen molar-refractivity contribution in [3.05, 3.63) is 100 Å². The van der Waals surface area contributed by atoms with E-state index in [0.717, 1.165) is 38.3 Å². The third kappa shape index (κ3) is 7.69. The lowest BCUT2D eigenvalue weighted by atomic mass is 9.95. The Morgan fingerprint density at radius 1 is 0.911 bits per heavy atom. The van der Waals surface area contributed by atoms with Gasteiger partial charge in [-0.2, -0.15) is 0 Å². The summed E-state index contributed by atoms with van der Waals surface area (Å²) < 4.78 is 0. The molecule has 45 heavy (non-hydrogen) atoms. The molecular formula is C36H45ClN6O2. The maximum atomic E-state index is 14.1. The van der Waals surface area contributed by atoms with Gasteiger partial charge in [-0.3, -0.25) is 14.5 Å². The zero-order valence-electron chi connectivity index (χ0n) is 26.3. The van der Waals surface area contributed by atoms with Gasteiger partial charge in [-0.25, -0.2) is 0 Å². The summed E-state index contributed by atoms with van der Waals surface area (Å²) in [4.78, 5) is 34.5. The molecule has 0 radical (unpaired) electrons. The van der Waals surface area contributed by atoms with Crippen LogP contribution in [-0.4, -0.2) is 85.1 Å². The number of nitrogens with zero attached hydrogens (tertiary/aromatic N) is 3. The molecule has 8 nitrogen and oxygen atoms in total. The topological polar surface area (TPSA) is 80.0 Å². The molecule has 6 rings (SSSR count). The Hall–Kier alpha value is -3.43. The summed E-state index contributed by atoms with van der Waals surface area (Å²) >= 11 is 6.14. The van der Waals surface area contributed by atoms with E-state index in [1.807, 2.05) is 41.3 Å². The molecule has 0 saturated carbocycles. The van der Waals surface area contributed by atoms with Gasteiger partial charge in [-0.15, -0.1) is 0 Å². The number of nitrogens with one attached hydrogen (secondary N) is 3. The predicted molar refractivity (Wildman–Crippen MR) is 180 cm³/mol. The van der Waals surface area contributed by atoms with E-state index in [4.69, 9.17) is 11.6 Å². The standard InChI is InChI=1S/C36H45ClN6O2/c1-25-23-43(26(2)21-38-25)24-30-9-5-6-10-34(30)41-15-17-42(18-16-41)36(45)33(19-27-11-13-31(37)14-12-27)40-35(44)32-20-28-7-3-4-8-29(28)22-39-32/h3-14,25-26,32-33,38-39H,15-24H2,1-2H3,(H,40,44)/t25-,26+,32-,33-/m1/s1. The highest BCUT2D eigenvalue weighted by Gasteiger charge is 2.33. The number of benzene rings is 3. The number of carbonyl (C=O) groups is 2. The quantitative estimate of drug-likeness (QED) is 0.354. The van der Waals surface area contributed by atoms with Gasteiger partial charge < -0.3 is 25.8 Å². The van der Waals surface area contributed by atoms with Crippen LogP contribution in [0.15, 0.2) is 72.8 Å². The van der Waals surface area contributed by atoms with Crippen molar-refractivity contribution in [3.8, 4) is 0 Å². The zero-order chi connectivity index (χ0) is 31.3. The van der Waals surface area contributed by atoms with Crippen molar-refractivity contribution < 1.29 is 9.59 Å². The van der Waals surface area contributed by atoms with Gasteiger partial charge in [0.05, 0.1) is 6.04 Å². The largest absolute Gasteiger partial charge is 0.368 e. The molecule has 2 amide bonds. The van der Waals surface area contributed by atoms with E-state index in [0.29, 0.717) is 49.6 Å². The molecule has 238 valence electrons. The molecule has 0 spiro atoms. The van der Waals surface area contributed by atoms with Gasteiger partial charge in [0.2, 0.25) is 11.8 Å². The molecule has 0 bridgehead atoms. The average Bonchev–Trinajstić information content (AvgIpc) is 3.07. The van der Waals surface area contributed by atoms with Crippen molar-refractivity contribution in [1.82, 2.24) is 25.8 Å². The Labute approximate surface area is 272 Å². The van der Waals surface area contributed by atoms with Crippen LogP contribution in [0, 0.1) is 0 Å². The molecule has 3 aliphatic heterocycles. The number of anilines is 1. The highest BCUT2D eigenvalue weighted by atomic mass is 35.5. The first kappa shape index (κ1) is 31.5. The highest BCUT2D eigenvalue weighted by Crippen LogP contribution is 2.25. The van der Waals surface area contributed by atoms with Gasteiger partial charge in [0.25, 0.3) is 0 Å². The lowest BCUT2D eigenvalue weighted by Crippen LogP contribution is -2.58. The Kier molecular flexibility index (Phi) is 10.0. The van der Waals surface area contributed by atoms with Gasteiger partial charge in [-0.05, 0) is 60.7 Å². The monoisotopic (exact) mass is 628 g/mol. The van der Waals surface area contributed by atoms with Crippen LogP contribution >= 0.6 is 11.6 Å². The van der Waals surface area contributed by atoms with Gasteiger partial charge >= 0.3 is 0 Å². The minimum absolute atomic E-state index is 0.0360. The van der Waals surface area contributed by atoms with Gasteiger partial charge in [0.15, 0.2) is 0 Å². The van der Waals surface area contributed by atoms with E-state index in [1.165, 1.54) is 22.4 Å². The average molecular weight is 629 g/mol. The summed E-state index contributed by atoms with van der Waals surface area (Å²) in [7, 11) is 0. The number of halogens is 1. The number of fused-ring (bicyclic) bond motifs is 1. The smallest absolute Gasteiger partial charge is 0.245 e. The van der Waals surface area contributed by atoms with Crippen molar-refractivity contribution in [3.63, 3.8) is 0 Å². The van der Waals surface area contributed by atoms with Crippen LogP contribution in [0.5, 0.6) is 0 Å². The second kappa shape index (κ2) is 14.3. The van der Waals surface area contributed by atoms with Crippen LogP contribution in [0.2, 0.25) is 5.02 Å². The van der Waals surface area contributed by atoms with E-state index in [2.05, 4.69) is 76.0 Å². The van der Waals surface area contributed by atoms with Gasteiger partial charge in [0.1, 0.15) is 6.04 Å². The van der Waals surface area contributed by atoms with Crippen molar-refractivity contribution in [2.45, 2.75) is 63.9 Å². The molecule has 0 aliphatic carbocycles. The second-order valence-corrected chi connectivity index (χ2v) is 13.3. The summed E-state index contributed by atoms with van der Waals surface area (Å²) in [6, 6.07) is 24.3. The number of carbonyl (C=O) groups excluding carboxylic acids is 2. The molecule has 2 saturated heterocycles. The summed E-state index contributed by atoms with van der Waals surface area (Å²) in [5.41, 5.74) is 5.93. The van der Waals surface area contributed by atoms with Crippen molar-refractivity contribution in [1.29, 1.82) is 0 Å². The third-order valence-corrected chi connectivity index (χ3v) is 9.81. The summed E-state index contributed by atoms with van der Waals surface area (Å²) in [5, 5.41) is 10.7. The summed E-state index contributed by atoms with van der Waals surface area (Å²) in [6.45, 7) is 10.8. The fraction of sp³-hybridized carbons (Fsp3) is 0.444. The van der Waals surface area contributed by atoms with Crippen LogP contribution in [0.4, 0.5) is 5.69 Å². The van der Waals surface area contributed by atoms with Crippen LogP contribution in [-0.2, 0) is 35.5 Å². The van der Waals surface area contributed by atoms with Crippen LogP contribution in [0.25, 0.3) is 0 Å². The Morgan fingerprint density at radius 3 is 2.40 bits per heavy atom. The van der Waals surface area contributed by atoms with E-state index in [9.17, 15) is 9.59 Å².